The van der Waals surface area contributed by atoms with Crippen molar-refractivity contribution in [2.24, 2.45) is 11.8 Å². The number of hydrogen-bond donors (Lipinski definition) is 2. The van der Waals surface area contributed by atoms with Gasteiger partial charge >= 0.3 is 0 Å². The molecule has 0 aliphatic carbocycles. The second kappa shape index (κ2) is 11.5. The van der Waals surface area contributed by atoms with Gasteiger partial charge in [0.2, 0.25) is 0 Å². The van der Waals surface area contributed by atoms with Crippen LogP contribution in [0.5, 0.6) is 0 Å². The minimum atomic E-state index is -1.01. The maximum absolute atomic E-state index is 12.3. The molecular formula is C19H34O4. The van der Waals surface area contributed by atoms with Gasteiger partial charge in [-0.1, -0.05) is 24.6 Å². The van der Waals surface area contributed by atoms with Crippen LogP contribution in [0.2, 0.25) is 0 Å². The highest BCUT2D eigenvalue weighted by atomic mass is 16.5. The minimum Gasteiger partial charge on any atom is -0.391 e. The molecule has 0 saturated heterocycles. The number of methoxy groups -OCH3 is 1. The highest BCUT2D eigenvalue weighted by molar-refractivity contribution is 5.83. The van der Waals surface area contributed by atoms with Crippen LogP contribution >= 0.6 is 0 Å². The van der Waals surface area contributed by atoms with Gasteiger partial charge in [-0.25, -0.2) is 0 Å². The summed E-state index contributed by atoms with van der Waals surface area (Å²) in [5.41, 5.74) is 1.16. The second-order valence-corrected chi connectivity index (χ2v) is 6.71. The first-order valence-electron chi connectivity index (χ1n) is 8.41. The lowest BCUT2D eigenvalue weighted by Crippen LogP contribution is -2.28. The largest absolute Gasteiger partial charge is 0.391 e. The van der Waals surface area contributed by atoms with Crippen molar-refractivity contribution in [2.75, 3.05) is 7.11 Å². The summed E-state index contributed by atoms with van der Waals surface area (Å²) in [4.78, 5) is 12.3. The van der Waals surface area contributed by atoms with Crippen LogP contribution in [0.4, 0.5) is 0 Å². The molecule has 23 heavy (non-hydrogen) atoms. The first kappa shape index (κ1) is 22.0. The Hall–Kier alpha value is -0.970. The lowest BCUT2D eigenvalue weighted by molar-refractivity contribution is -0.125. The zero-order valence-corrected chi connectivity index (χ0v) is 15.3. The van der Waals surface area contributed by atoms with Gasteiger partial charge in [0.05, 0.1) is 18.3 Å². The number of ether oxygens (including phenoxy) is 1. The third kappa shape index (κ3) is 9.69. The number of Topliss-reactive ketones (excluding diaryl/α,β-unsaturated/α-hetero) is 1. The molecule has 0 aromatic rings. The molecule has 0 aliphatic rings. The molecule has 5 unspecified atom stereocenters. The molecule has 0 bridgehead atoms. The summed E-state index contributed by atoms with van der Waals surface area (Å²) in [6, 6.07) is 0. The van der Waals surface area contributed by atoms with Crippen molar-refractivity contribution in [3.63, 3.8) is 0 Å². The highest BCUT2D eigenvalue weighted by Gasteiger charge is 2.21. The van der Waals surface area contributed by atoms with Crippen molar-refractivity contribution in [3.8, 4) is 0 Å². The first-order chi connectivity index (χ1) is 10.7. The summed E-state index contributed by atoms with van der Waals surface area (Å²) < 4.78 is 5.29. The number of aliphatic hydroxyl groups is 2. The van der Waals surface area contributed by atoms with E-state index >= 15 is 0 Å². The van der Waals surface area contributed by atoms with Crippen molar-refractivity contribution >= 4 is 5.78 Å². The molecule has 2 N–H and O–H groups in total. The molecule has 0 spiro atoms. The standard InChI is InChI=1S/C19H34O4/c1-7-8-17(19(22)12-18(21)16(5)20)11-14(3)9-13(2)10-15(4)23-6/h7,11,13,15-18,20-21H,1,8-10,12H2,2-6H3/b14-11+. The van der Waals surface area contributed by atoms with Crippen LogP contribution in [0.1, 0.15) is 53.4 Å². The molecule has 0 saturated carbocycles. The van der Waals surface area contributed by atoms with Crippen LogP contribution in [0.15, 0.2) is 24.3 Å². The zero-order valence-electron chi connectivity index (χ0n) is 15.3. The number of aliphatic hydroxyl groups excluding tert-OH is 2. The molecule has 134 valence electrons. The fraction of sp³-hybridized carbons (Fsp3) is 0.737. The zero-order chi connectivity index (χ0) is 18.0. The first-order valence-corrected chi connectivity index (χ1v) is 8.41. The summed E-state index contributed by atoms with van der Waals surface area (Å²) in [6.07, 6.45) is 4.42. The average Bonchev–Trinajstić information content (AvgIpc) is 2.45. The molecule has 0 amide bonds. The Morgan fingerprint density at radius 3 is 2.30 bits per heavy atom. The summed E-state index contributed by atoms with van der Waals surface area (Å²) >= 11 is 0. The van der Waals surface area contributed by atoms with Gasteiger partial charge in [-0.05, 0) is 46.0 Å². The number of hydrogen-bond acceptors (Lipinski definition) is 4. The quantitative estimate of drug-likeness (QED) is 0.540. The molecule has 4 heteroatoms. The number of ketones is 1. The van der Waals surface area contributed by atoms with Crippen LogP contribution in [0, 0.1) is 11.8 Å². The number of carbonyl (C=O) groups excluding carboxylic acids is 1. The normalized spacial score (nSPS) is 18.8. The Kier molecular flexibility index (Phi) is 11.1. The molecule has 0 heterocycles. The minimum absolute atomic E-state index is 0.0315. The lowest BCUT2D eigenvalue weighted by atomic mass is 9.89. The summed E-state index contributed by atoms with van der Waals surface area (Å²) in [7, 11) is 1.71. The maximum Gasteiger partial charge on any atom is 0.142 e. The van der Waals surface area contributed by atoms with Gasteiger partial charge in [0.25, 0.3) is 0 Å². The van der Waals surface area contributed by atoms with Crippen LogP contribution in [0.25, 0.3) is 0 Å². The molecule has 0 rings (SSSR count). The van der Waals surface area contributed by atoms with E-state index in [0.717, 1.165) is 18.4 Å². The molecule has 0 aliphatic heterocycles. The van der Waals surface area contributed by atoms with Crippen LogP contribution in [0.3, 0.4) is 0 Å². The summed E-state index contributed by atoms with van der Waals surface area (Å²) in [5, 5.41) is 19.0. The molecular weight excluding hydrogens is 292 g/mol. The molecule has 5 atom stereocenters. The molecule has 4 nitrogen and oxygen atoms in total. The van der Waals surface area contributed by atoms with E-state index in [1.165, 1.54) is 6.92 Å². The molecule has 0 radical (unpaired) electrons. The number of rotatable bonds is 12. The van der Waals surface area contributed by atoms with Crippen molar-refractivity contribution in [1.29, 1.82) is 0 Å². The topological polar surface area (TPSA) is 66.8 Å². The van der Waals surface area contributed by atoms with E-state index in [4.69, 9.17) is 4.74 Å². The van der Waals surface area contributed by atoms with Gasteiger partial charge in [-0.3, -0.25) is 4.79 Å². The monoisotopic (exact) mass is 326 g/mol. The van der Waals surface area contributed by atoms with E-state index in [2.05, 4.69) is 20.4 Å². The Bertz CT molecular complexity index is 387. The van der Waals surface area contributed by atoms with E-state index in [1.54, 1.807) is 13.2 Å². The van der Waals surface area contributed by atoms with Crippen LogP contribution < -0.4 is 0 Å². The van der Waals surface area contributed by atoms with E-state index in [-0.39, 0.29) is 24.2 Å². The smallest absolute Gasteiger partial charge is 0.142 e. The Balaban J connectivity index is 4.75. The van der Waals surface area contributed by atoms with Gasteiger partial charge in [-0.15, -0.1) is 6.58 Å². The Labute approximate surface area is 141 Å². The Morgan fingerprint density at radius 1 is 1.22 bits per heavy atom. The predicted octanol–water partition coefficient (Wildman–Crippen LogP) is 3.28. The summed E-state index contributed by atoms with van der Waals surface area (Å²) in [5.74, 6) is 0.132. The van der Waals surface area contributed by atoms with E-state index in [1.807, 2.05) is 13.0 Å². The van der Waals surface area contributed by atoms with E-state index in [9.17, 15) is 15.0 Å². The molecule has 0 aromatic carbocycles. The Morgan fingerprint density at radius 2 is 1.83 bits per heavy atom. The van der Waals surface area contributed by atoms with Gasteiger partial charge in [0.15, 0.2) is 0 Å². The SMILES string of the molecule is C=CCC(/C=C(\C)CC(C)CC(C)OC)C(=O)CC(O)C(C)O. The van der Waals surface area contributed by atoms with Crippen molar-refractivity contribution < 1.29 is 19.7 Å². The van der Waals surface area contributed by atoms with Gasteiger partial charge in [0.1, 0.15) is 5.78 Å². The van der Waals surface area contributed by atoms with Crippen LogP contribution in [-0.4, -0.2) is 41.4 Å². The van der Waals surface area contributed by atoms with Crippen LogP contribution in [-0.2, 0) is 9.53 Å². The van der Waals surface area contributed by atoms with Crippen molar-refractivity contribution in [1.82, 2.24) is 0 Å². The number of carbonyl (C=O) groups is 1. The van der Waals surface area contributed by atoms with Crippen molar-refractivity contribution in [3.05, 3.63) is 24.3 Å². The summed E-state index contributed by atoms with van der Waals surface area (Å²) in [6.45, 7) is 11.5. The fourth-order valence-corrected chi connectivity index (χ4v) is 2.71. The third-order valence-electron chi connectivity index (χ3n) is 4.09. The van der Waals surface area contributed by atoms with Gasteiger partial charge in [-0.2, -0.15) is 0 Å². The van der Waals surface area contributed by atoms with E-state index in [0.29, 0.717) is 12.3 Å². The second-order valence-electron chi connectivity index (χ2n) is 6.71. The third-order valence-corrected chi connectivity index (χ3v) is 4.09. The number of allylic oxidation sites excluding steroid dienone is 3. The maximum atomic E-state index is 12.3. The molecule has 0 aromatic heterocycles. The lowest BCUT2D eigenvalue weighted by Gasteiger charge is -2.19. The van der Waals surface area contributed by atoms with Gasteiger partial charge < -0.3 is 14.9 Å². The van der Waals surface area contributed by atoms with E-state index < -0.39 is 12.2 Å². The molecule has 0 fully saturated rings. The average molecular weight is 326 g/mol. The predicted molar refractivity (Wildman–Crippen MR) is 94.2 cm³/mol. The van der Waals surface area contributed by atoms with Gasteiger partial charge in [0, 0.05) is 19.4 Å². The highest BCUT2D eigenvalue weighted by Crippen LogP contribution is 2.21. The fourth-order valence-electron chi connectivity index (χ4n) is 2.71. The van der Waals surface area contributed by atoms with Crippen molar-refractivity contribution in [2.45, 2.75) is 71.7 Å².